The maximum Gasteiger partial charge on any atom is 0.160 e. The molecule has 0 aromatic rings. The molecule has 0 saturated heterocycles. The van der Waals surface area contributed by atoms with Crippen molar-refractivity contribution in [2.75, 3.05) is 0 Å². The van der Waals surface area contributed by atoms with E-state index >= 15 is 0 Å². The number of hydrogen-bond acceptors (Lipinski definition) is 3. The van der Waals surface area contributed by atoms with Gasteiger partial charge in [0.15, 0.2) is 5.82 Å². The second kappa shape index (κ2) is 12.7. The Balaban J connectivity index is 1.64. The van der Waals surface area contributed by atoms with Gasteiger partial charge in [-0.25, -0.2) is 9.97 Å². The number of fused-ring (bicyclic) bond motifs is 1. The minimum absolute atomic E-state index is 0.976. The van der Waals surface area contributed by atoms with Gasteiger partial charge in [-0.05, 0) is 62.9 Å². The number of pyridine rings is 1. The molecule has 0 spiro atoms. The summed E-state index contributed by atoms with van der Waals surface area (Å²) in [6.45, 7) is 3.19. The SMILES string of the molecule is CC/C=C(\C=C/CCCCCn1cccc2ncnc1-2)CC/C=C\C=C/N. The Morgan fingerprint density at radius 2 is 2.04 bits per heavy atom. The van der Waals surface area contributed by atoms with Gasteiger partial charge in [0.2, 0.25) is 0 Å². The van der Waals surface area contributed by atoms with Crippen molar-refractivity contribution in [3.05, 3.63) is 72.9 Å². The van der Waals surface area contributed by atoms with Crippen LogP contribution in [-0.2, 0) is 6.54 Å². The summed E-state index contributed by atoms with van der Waals surface area (Å²) >= 11 is 0. The summed E-state index contributed by atoms with van der Waals surface area (Å²) in [4.78, 5) is 8.60. The molecule has 0 atom stereocenters. The monoisotopic (exact) mass is 364 g/mol. The molecule has 0 aromatic carbocycles. The van der Waals surface area contributed by atoms with E-state index in [1.165, 1.54) is 24.8 Å². The predicted octanol–water partition coefficient (Wildman–Crippen LogP) is 5.64. The summed E-state index contributed by atoms with van der Waals surface area (Å²) in [5, 5.41) is 0. The van der Waals surface area contributed by atoms with Crippen LogP contribution in [0.3, 0.4) is 0 Å². The third-order valence-corrected chi connectivity index (χ3v) is 4.42. The third-order valence-electron chi connectivity index (χ3n) is 4.42. The van der Waals surface area contributed by atoms with Crippen molar-refractivity contribution in [1.82, 2.24) is 14.5 Å². The van der Waals surface area contributed by atoms with E-state index in [0.717, 1.165) is 43.7 Å². The number of aromatic nitrogens is 3. The summed E-state index contributed by atoms with van der Waals surface area (Å²) < 4.78 is 2.20. The van der Waals surface area contributed by atoms with E-state index in [1.807, 2.05) is 24.3 Å². The molecule has 0 bridgehead atoms. The van der Waals surface area contributed by atoms with Crippen LogP contribution in [0.5, 0.6) is 0 Å². The fraction of sp³-hybridized carbons (Fsp3) is 0.391. The molecule has 2 aliphatic heterocycles. The summed E-state index contributed by atoms with van der Waals surface area (Å²) in [7, 11) is 0. The Labute approximate surface area is 163 Å². The number of nitrogens with two attached hydrogens (primary N) is 1. The number of unbranched alkanes of at least 4 members (excludes halogenated alkanes) is 3. The summed E-state index contributed by atoms with van der Waals surface area (Å²) in [6, 6.07) is 4.05. The Morgan fingerprint density at radius 3 is 2.89 bits per heavy atom. The van der Waals surface area contributed by atoms with Gasteiger partial charge in [0.1, 0.15) is 12.0 Å². The van der Waals surface area contributed by atoms with Crippen LogP contribution in [0.1, 0.15) is 51.9 Å². The minimum atomic E-state index is 0.976. The lowest BCUT2D eigenvalue weighted by molar-refractivity contribution is 0.588. The molecular formula is C23H32N4. The largest absolute Gasteiger partial charge is 0.405 e. The first-order chi connectivity index (χ1) is 13.3. The number of nitrogens with zero attached hydrogens (tertiary/aromatic N) is 3. The highest BCUT2D eigenvalue weighted by Gasteiger charge is 2.07. The van der Waals surface area contributed by atoms with Crippen molar-refractivity contribution in [2.45, 2.75) is 58.4 Å². The maximum absolute atomic E-state index is 5.32. The van der Waals surface area contributed by atoms with Gasteiger partial charge in [-0.1, -0.05) is 49.3 Å². The van der Waals surface area contributed by atoms with Gasteiger partial charge in [0.25, 0.3) is 0 Å². The van der Waals surface area contributed by atoms with Crippen molar-refractivity contribution >= 4 is 0 Å². The van der Waals surface area contributed by atoms with E-state index in [2.05, 4.69) is 52.0 Å². The van der Waals surface area contributed by atoms with Crippen LogP contribution in [0.25, 0.3) is 11.5 Å². The first-order valence-corrected chi connectivity index (χ1v) is 10.00. The zero-order chi connectivity index (χ0) is 19.2. The second-order valence-corrected chi connectivity index (χ2v) is 6.57. The van der Waals surface area contributed by atoms with Crippen molar-refractivity contribution in [1.29, 1.82) is 0 Å². The molecule has 144 valence electrons. The molecule has 2 heterocycles. The molecule has 0 radical (unpaired) electrons. The highest BCUT2D eigenvalue weighted by molar-refractivity contribution is 5.50. The molecule has 0 unspecified atom stereocenters. The van der Waals surface area contributed by atoms with Crippen LogP contribution in [-0.4, -0.2) is 14.5 Å². The average Bonchev–Trinajstić information content (AvgIpc) is 3.16. The van der Waals surface area contributed by atoms with E-state index in [1.54, 1.807) is 12.5 Å². The van der Waals surface area contributed by atoms with Crippen LogP contribution >= 0.6 is 0 Å². The first-order valence-electron chi connectivity index (χ1n) is 10.00. The highest BCUT2D eigenvalue weighted by Crippen LogP contribution is 2.17. The standard InChI is InChI=1S/C23H32N4/c1-2-13-21(15-9-5-6-10-17-24)14-8-4-3-7-11-18-27-19-12-16-22-23(27)26-20-25-22/h5-6,8,10,12-14,16-17,19-20H,2-4,7,9,11,15,18,24H2,1H3/b6-5-,14-8-,17-10-,21-13+. The average molecular weight is 365 g/mol. The molecule has 0 saturated carbocycles. The molecule has 0 fully saturated rings. The molecular weight excluding hydrogens is 332 g/mol. The summed E-state index contributed by atoms with van der Waals surface area (Å²) in [6.07, 6.45) is 26.2. The lowest BCUT2D eigenvalue weighted by atomic mass is 10.1. The quantitative estimate of drug-likeness (QED) is 0.391. The predicted molar refractivity (Wildman–Crippen MR) is 114 cm³/mol. The highest BCUT2D eigenvalue weighted by atomic mass is 15.1. The molecule has 4 nitrogen and oxygen atoms in total. The van der Waals surface area contributed by atoms with Crippen LogP contribution in [0.15, 0.2) is 72.9 Å². The number of allylic oxidation sites excluding steroid dienone is 7. The van der Waals surface area contributed by atoms with Crippen LogP contribution < -0.4 is 5.73 Å². The van der Waals surface area contributed by atoms with E-state index in [-0.39, 0.29) is 0 Å². The Morgan fingerprint density at radius 1 is 1.11 bits per heavy atom. The molecule has 0 amide bonds. The van der Waals surface area contributed by atoms with Gasteiger partial charge in [-0.2, -0.15) is 0 Å². The fourth-order valence-electron chi connectivity index (χ4n) is 3.06. The molecule has 0 aliphatic carbocycles. The summed E-state index contributed by atoms with van der Waals surface area (Å²) in [5.41, 5.74) is 7.73. The number of aryl methyl sites for hydroxylation is 1. The van der Waals surface area contributed by atoms with Gasteiger partial charge in [-0.15, -0.1) is 0 Å². The number of hydrogen-bond donors (Lipinski definition) is 1. The fourth-order valence-corrected chi connectivity index (χ4v) is 3.06. The van der Waals surface area contributed by atoms with Gasteiger partial charge in [0.05, 0.1) is 0 Å². The van der Waals surface area contributed by atoms with E-state index < -0.39 is 0 Å². The molecule has 0 aromatic heterocycles. The lowest BCUT2D eigenvalue weighted by Crippen LogP contribution is -2.03. The normalized spacial score (nSPS) is 13.0. The molecule has 2 aliphatic rings. The Kier molecular flexibility index (Phi) is 9.72. The zero-order valence-corrected chi connectivity index (χ0v) is 16.4. The van der Waals surface area contributed by atoms with Crippen molar-refractivity contribution in [3.8, 4) is 11.5 Å². The molecule has 2 N–H and O–H groups in total. The van der Waals surface area contributed by atoms with Gasteiger partial charge in [0, 0.05) is 12.7 Å². The lowest BCUT2D eigenvalue weighted by Gasteiger charge is -2.09. The zero-order valence-electron chi connectivity index (χ0n) is 16.4. The molecule has 27 heavy (non-hydrogen) atoms. The Bertz CT molecular complexity index is 737. The van der Waals surface area contributed by atoms with E-state index in [9.17, 15) is 0 Å². The maximum atomic E-state index is 5.32. The number of imidazole rings is 1. The second-order valence-electron chi connectivity index (χ2n) is 6.57. The number of rotatable bonds is 12. The topological polar surface area (TPSA) is 56.7 Å². The van der Waals surface area contributed by atoms with Gasteiger partial charge in [-0.3, -0.25) is 0 Å². The van der Waals surface area contributed by atoms with Crippen LogP contribution in [0, 0.1) is 0 Å². The third kappa shape index (κ3) is 7.65. The van der Waals surface area contributed by atoms with E-state index in [0.29, 0.717) is 0 Å². The Hall–Kier alpha value is -2.62. The van der Waals surface area contributed by atoms with Crippen molar-refractivity contribution in [2.24, 2.45) is 5.73 Å². The smallest absolute Gasteiger partial charge is 0.160 e. The van der Waals surface area contributed by atoms with E-state index in [4.69, 9.17) is 5.73 Å². The van der Waals surface area contributed by atoms with Gasteiger partial charge < -0.3 is 10.3 Å². The molecule has 4 heteroatoms. The molecule has 2 rings (SSSR count). The van der Waals surface area contributed by atoms with Crippen molar-refractivity contribution < 1.29 is 0 Å². The van der Waals surface area contributed by atoms with Gasteiger partial charge >= 0.3 is 0 Å². The van der Waals surface area contributed by atoms with Crippen LogP contribution in [0.2, 0.25) is 0 Å². The first kappa shape index (κ1) is 20.7. The summed E-state index contributed by atoms with van der Waals surface area (Å²) in [5.74, 6) is 0.989. The van der Waals surface area contributed by atoms with Crippen molar-refractivity contribution in [3.63, 3.8) is 0 Å². The van der Waals surface area contributed by atoms with Crippen LogP contribution in [0.4, 0.5) is 0 Å². The minimum Gasteiger partial charge on any atom is -0.405 e.